The van der Waals surface area contributed by atoms with Crippen LogP contribution in [0.3, 0.4) is 0 Å². The number of nitrogens with zero attached hydrogens (tertiary/aromatic N) is 2. The summed E-state index contributed by atoms with van der Waals surface area (Å²) in [6.45, 7) is 6.99. The zero-order valence-corrected chi connectivity index (χ0v) is 18.6. The van der Waals surface area contributed by atoms with Gasteiger partial charge in [0.15, 0.2) is 0 Å². The molecule has 160 valence electrons. The van der Waals surface area contributed by atoms with Crippen molar-refractivity contribution < 1.29 is 10.2 Å². The van der Waals surface area contributed by atoms with Crippen molar-refractivity contribution in [1.29, 1.82) is 0 Å². The Balaban J connectivity index is 1.45. The van der Waals surface area contributed by atoms with Crippen LogP contribution in [-0.2, 0) is 7.05 Å². The summed E-state index contributed by atoms with van der Waals surface area (Å²) in [4.78, 5) is 0. The molecule has 4 aliphatic carbocycles. The monoisotopic (exact) mass is 398 g/mol. The first-order valence-electron chi connectivity index (χ1n) is 11.8. The summed E-state index contributed by atoms with van der Waals surface area (Å²) < 4.78 is 1.91. The molecule has 0 radical (unpaired) electrons. The van der Waals surface area contributed by atoms with Gasteiger partial charge in [-0.25, -0.2) is 0 Å². The van der Waals surface area contributed by atoms with Crippen LogP contribution in [0.5, 0.6) is 0 Å². The molecule has 29 heavy (non-hydrogen) atoms. The van der Waals surface area contributed by atoms with Crippen molar-refractivity contribution >= 4 is 6.08 Å². The standard InChI is InChI=1S/C25H38N2O2/c1-15-17(14-26-27(15)4)11-16-12-22-20-6-5-18-13-19(28)7-9-24(18,2)21(20)8-10-25(22,3)23(16)29/h11,14,18-23,28-29H,5-10,12-13H2,1-4H3/b16-11+. The maximum Gasteiger partial charge on any atom is 0.0809 e. The maximum absolute atomic E-state index is 11.4. The number of aliphatic hydroxyl groups is 2. The summed E-state index contributed by atoms with van der Waals surface area (Å²) in [6.07, 6.45) is 12.9. The van der Waals surface area contributed by atoms with Gasteiger partial charge in [0.1, 0.15) is 0 Å². The fraction of sp³-hybridized carbons (Fsp3) is 0.800. The highest BCUT2D eigenvalue weighted by atomic mass is 16.3. The number of rotatable bonds is 1. The minimum Gasteiger partial charge on any atom is -0.393 e. The molecule has 2 N–H and O–H groups in total. The summed E-state index contributed by atoms with van der Waals surface area (Å²) in [5.41, 5.74) is 3.94. The molecule has 4 aliphatic rings. The first kappa shape index (κ1) is 19.8. The van der Waals surface area contributed by atoms with Gasteiger partial charge in [0, 0.05) is 23.7 Å². The van der Waals surface area contributed by atoms with Gasteiger partial charge in [-0.3, -0.25) is 4.68 Å². The van der Waals surface area contributed by atoms with E-state index in [1.165, 1.54) is 31.3 Å². The van der Waals surface area contributed by atoms with Crippen molar-refractivity contribution in [3.05, 3.63) is 23.0 Å². The van der Waals surface area contributed by atoms with E-state index in [0.717, 1.165) is 48.8 Å². The molecule has 8 unspecified atom stereocenters. The molecule has 1 aromatic heterocycles. The molecule has 0 aliphatic heterocycles. The van der Waals surface area contributed by atoms with Gasteiger partial charge < -0.3 is 10.2 Å². The third-order valence-corrected chi connectivity index (χ3v) is 10.1. The van der Waals surface area contributed by atoms with Gasteiger partial charge in [0.2, 0.25) is 0 Å². The van der Waals surface area contributed by atoms with Crippen LogP contribution in [0.1, 0.15) is 76.5 Å². The lowest BCUT2D eigenvalue weighted by Gasteiger charge is -2.60. The van der Waals surface area contributed by atoms with Crippen LogP contribution in [0, 0.1) is 41.4 Å². The average molecular weight is 399 g/mol. The predicted molar refractivity (Wildman–Crippen MR) is 115 cm³/mol. The number of fused-ring (bicyclic) bond motifs is 5. The van der Waals surface area contributed by atoms with Crippen LogP contribution >= 0.6 is 0 Å². The minimum absolute atomic E-state index is 0.0144. The summed E-state index contributed by atoms with van der Waals surface area (Å²) in [5, 5.41) is 26.0. The average Bonchev–Trinajstić information content (AvgIpc) is 3.14. The van der Waals surface area contributed by atoms with Gasteiger partial charge >= 0.3 is 0 Å². The number of aliphatic hydroxyl groups excluding tert-OH is 2. The Hall–Kier alpha value is -1.13. The second-order valence-corrected chi connectivity index (χ2v) is 11.3. The second kappa shape index (κ2) is 6.68. The van der Waals surface area contributed by atoms with Gasteiger partial charge in [-0.2, -0.15) is 5.10 Å². The molecule has 0 aromatic carbocycles. The zero-order valence-electron chi connectivity index (χ0n) is 18.6. The molecule has 0 spiro atoms. The fourth-order valence-electron chi connectivity index (χ4n) is 8.09. The molecule has 0 amide bonds. The van der Waals surface area contributed by atoms with Gasteiger partial charge in [-0.15, -0.1) is 0 Å². The van der Waals surface area contributed by atoms with Crippen LogP contribution in [-0.4, -0.2) is 32.2 Å². The molecule has 4 nitrogen and oxygen atoms in total. The second-order valence-electron chi connectivity index (χ2n) is 11.3. The first-order chi connectivity index (χ1) is 13.7. The van der Waals surface area contributed by atoms with E-state index in [2.05, 4.69) is 31.9 Å². The highest BCUT2D eigenvalue weighted by Gasteiger charge is 2.61. The SMILES string of the molecule is Cc1c(/C=C2\CC3C4CCC5CC(O)CCC5(C)C4CCC3(C)C2O)cnn1C. The van der Waals surface area contributed by atoms with Crippen LogP contribution in [0.25, 0.3) is 6.08 Å². The fourth-order valence-corrected chi connectivity index (χ4v) is 8.09. The van der Waals surface area contributed by atoms with E-state index in [0.29, 0.717) is 17.3 Å². The number of hydrogen-bond donors (Lipinski definition) is 2. The summed E-state index contributed by atoms with van der Waals surface area (Å²) in [6, 6.07) is 0. The third-order valence-electron chi connectivity index (χ3n) is 10.1. The molecule has 4 fully saturated rings. The summed E-state index contributed by atoms with van der Waals surface area (Å²) in [7, 11) is 1.98. The molecule has 1 heterocycles. The topological polar surface area (TPSA) is 58.3 Å². The Kier molecular flexibility index (Phi) is 4.57. The van der Waals surface area contributed by atoms with E-state index in [-0.39, 0.29) is 17.6 Å². The largest absolute Gasteiger partial charge is 0.393 e. The van der Waals surface area contributed by atoms with Gasteiger partial charge in [-0.05, 0) is 99.0 Å². The number of aromatic nitrogens is 2. The van der Waals surface area contributed by atoms with E-state index in [9.17, 15) is 10.2 Å². The quantitative estimate of drug-likeness (QED) is 0.733. The van der Waals surface area contributed by atoms with Crippen LogP contribution in [0.2, 0.25) is 0 Å². The Bertz CT molecular complexity index is 829. The van der Waals surface area contributed by atoms with E-state index in [1.54, 1.807) is 0 Å². The molecule has 4 heteroatoms. The maximum atomic E-state index is 11.4. The molecule has 4 saturated carbocycles. The van der Waals surface area contributed by atoms with Crippen LogP contribution in [0.4, 0.5) is 0 Å². The van der Waals surface area contributed by atoms with Crippen LogP contribution in [0.15, 0.2) is 11.8 Å². The molecule has 8 atom stereocenters. The Labute approximate surface area is 175 Å². The van der Waals surface area contributed by atoms with Crippen molar-refractivity contribution in [2.75, 3.05) is 0 Å². The molecular weight excluding hydrogens is 360 g/mol. The van der Waals surface area contributed by atoms with Crippen molar-refractivity contribution in [2.24, 2.45) is 41.5 Å². The van der Waals surface area contributed by atoms with Crippen molar-refractivity contribution in [3.63, 3.8) is 0 Å². The molecule has 0 bridgehead atoms. The van der Waals surface area contributed by atoms with Crippen molar-refractivity contribution in [2.45, 2.75) is 84.3 Å². The Morgan fingerprint density at radius 1 is 1.07 bits per heavy atom. The lowest BCUT2D eigenvalue weighted by molar-refractivity contribution is -0.133. The lowest BCUT2D eigenvalue weighted by atomic mass is 9.45. The van der Waals surface area contributed by atoms with E-state index in [1.807, 2.05) is 17.9 Å². The summed E-state index contributed by atoms with van der Waals surface area (Å²) >= 11 is 0. The van der Waals surface area contributed by atoms with Crippen molar-refractivity contribution in [1.82, 2.24) is 9.78 Å². The van der Waals surface area contributed by atoms with E-state index in [4.69, 9.17) is 0 Å². The number of aryl methyl sites for hydroxylation is 1. The Morgan fingerprint density at radius 2 is 1.83 bits per heavy atom. The molecule has 5 rings (SSSR count). The molecular formula is C25H38N2O2. The normalized spacial score (nSPS) is 48.3. The van der Waals surface area contributed by atoms with Gasteiger partial charge in [-0.1, -0.05) is 13.8 Å². The molecule has 0 saturated heterocycles. The third kappa shape index (κ3) is 2.81. The van der Waals surface area contributed by atoms with Gasteiger partial charge in [0.25, 0.3) is 0 Å². The zero-order chi connectivity index (χ0) is 20.6. The smallest absolute Gasteiger partial charge is 0.0809 e. The lowest BCUT2D eigenvalue weighted by Crippen LogP contribution is -2.54. The highest BCUT2D eigenvalue weighted by Crippen LogP contribution is 2.67. The highest BCUT2D eigenvalue weighted by molar-refractivity contribution is 5.57. The predicted octanol–water partition coefficient (Wildman–Crippen LogP) is 4.49. The summed E-state index contributed by atoms with van der Waals surface area (Å²) in [5.74, 6) is 2.76. The van der Waals surface area contributed by atoms with E-state index < -0.39 is 0 Å². The van der Waals surface area contributed by atoms with Gasteiger partial charge in [0.05, 0.1) is 18.4 Å². The van der Waals surface area contributed by atoms with E-state index >= 15 is 0 Å². The Morgan fingerprint density at radius 3 is 2.55 bits per heavy atom. The van der Waals surface area contributed by atoms with Crippen LogP contribution < -0.4 is 0 Å². The number of hydrogen-bond acceptors (Lipinski definition) is 3. The van der Waals surface area contributed by atoms with Crippen molar-refractivity contribution in [3.8, 4) is 0 Å². The first-order valence-corrected chi connectivity index (χ1v) is 11.8. The molecule has 1 aromatic rings. The minimum atomic E-state index is -0.327.